The number of aromatic nitrogens is 2. The van der Waals surface area contributed by atoms with Crippen LogP contribution in [0.15, 0.2) is 18.2 Å². The second kappa shape index (κ2) is 4.16. The number of anilines is 1. The molecule has 0 aliphatic heterocycles. The summed E-state index contributed by atoms with van der Waals surface area (Å²) in [4.78, 5) is 0. The van der Waals surface area contributed by atoms with Gasteiger partial charge >= 0.3 is 0 Å². The van der Waals surface area contributed by atoms with Crippen molar-refractivity contribution in [3.8, 4) is 0 Å². The zero-order valence-corrected chi connectivity index (χ0v) is 9.67. The van der Waals surface area contributed by atoms with Gasteiger partial charge in [-0.3, -0.25) is 4.68 Å². The Labute approximate surface area is 97.9 Å². The van der Waals surface area contributed by atoms with E-state index in [2.05, 4.69) is 5.10 Å². The van der Waals surface area contributed by atoms with Gasteiger partial charge in [-0.25, -0.2) is 8.78 Å². The van der Waals surface area contributed by atoms with Crippen LogP contribution in [0.3, 0.4) is 0 Å². The van der Waals surface area contributed by atoms with Gasteiger partial charge in [0.25, 0.3) is 0 Å². The van der Waals surface area contributed by atoms with Crippen LogP contribution in [0, 0.1) is 25.5 Å². The number of nitrogens with zero attached hydrogens (tertiary/aromatic N) is 2. The lowest BCUT2D eigenvalue weighted by Gasteiger charge is -2.06. The lowest BCUT2D eigenvalue weighted by atomic mass is 10.2. The summed E-state index contributed by atoms with van der Waals surface area (Å²) in [5.41, 5.74) is 8.07. The molecule has 17 heavy (non-hydrogen) atoms. The van der Waals surface area contributed by atoms with Crippen molar-refractivity contribution in [2.75, 3.05) is 5.73 Å². The summed E-state index contributed by atoms with van der Waals surface area (Å²) >= 11 is 0. The predicted octanol–water partition coefficient (Wildman–Crippen LogP) is 2.41. The van der Waals surface area contributed by atoms with Gasteiger partial charge in [0.1, 0.15) is 11.6 Å². The number of halogens is 2. The molecular formula is C12H13F2N3. The number of hydrogen-bond donors (Lipinski definition) is 1. The van der Waals surface area contributed by atoms with Crippen LogP contribution in [0.1, 0.15) is 17.0 Å². The average Bonchev–Trinajstić information content (AvgIpc) is 2.52. The first-order valence-electron chi connectivity index (χ1n) is 5.22. The molecule has 3 nitrogen and oxygen atoms in total. The van der Waals surface area contributed by atoms with Gasteiger partial charge in [0.05, 0.1) is 23.6 Å². The van der Waals surface area contributed by atoms with Crippen LogP contribution in [0.2, 0.25) is 0 Å². The maximum atomic E-state index is 13.5. The van der Waals surface area contributed by atoms with E-state index in [0.29, 0.717) is 11.4 Å². The zero-order valence-electron chi connectivity index (χ0n) is 9.67. The van der Waals surface area contributed by atoms with E-state index in [1.807, 2.05) is 0 Å². The topological polar surface area (TPSA) is 43.8 Å². The molecule has 1 heterocycles. The van der Waals surface area contributed by atoms with Crippen LogP contribution < -0.4 is 5.73 Å². The van der Waals surface area contributed by atoms with Gasteiger partial charge in [-0.1, -0.05) is 0 Å². The molecular weight excluding hydrogens is 224 g/mol. The summed E-state index contributed by atoms with van der Waals surface area (Å²) in [6, 6.07) is 3.37. The summed E-state index contributed by atoms with van der Waals surface area (Å²) in [6.45, 7) is 3.75. The summed E-state index contributed by atoms with van der Waals surface area (Å²) in [5, 5.41) is 4.18. The predicted molar refractivity (Wildman–Crippen MR) is 61.6 cm³/mol. The molecule has 2 aromatic rings. The van der Waals surface area contributed by atoms with Crippen molar-refractivity contribution < 1.29 is 8.78 Å². The van der Waals surface area contributed by atoms with Crippen molar-refractivity contribution in [3.63, 3.8) is 0 Å². The van der Waals surface area contributed by atoms with Gasteiger partial charge in [0.2, 0.25) is 0 Å². The Morgan fingerprint density at radius 2 is 2.00 bits per heavy atom. The third-order valence-electron chi connectivity index (χ3n) is 2.77. The number of nitrogen functional groups attached to an aromatic ring is 1. The third kappa shape index (κ3) is 2.13. The molecule has 1 aromatic carbocycles. The SMILES string of the molecule is Cc1nn(Cc2cc(F)ccc2F)c(C)c1N. The molecule has 0 aliphatic rings. The first-order valence-corrected chi connectivity index (χ1v) is 5.22. The summed E-state index contributed by atoms with van der Waals surface area (Å²) in [5.74, 6) is -0.909. The minimum Gasteiger partial charge on any atom is -0.396 e. The third-order valence-corrected chi connectivity index (χ3v) is 2.77. The van der Waals surface area contributed by atoms with Crippen LogP contribution in [0.4, 0.5) is 14.5 Å². The molecule has 0 spiro atoms. The lowest BCUT2D eigenvalue weighted by Crippen LogP contribution is -2.06. The minimum absolute atomic E-state index is 0.174. The molecule has 0 radical (unpaired) electrons. The Morgan fingerprint density at radius 1 is 1.29 bits per heavy atom. The number of nitrogens with two attached hydrogens (primary N) is 1. The quantitative estimate of drug-likeness (QED) is 0.871. The average molecular weight is 237 g/mol. The van der Waals surface area contributed by atoms with E-state index in [1.165, 1.54) is 6.07 Å². The maximum absolute atomic E-state index is 13.5. The van der Waals surface area contributed by atoms with Gasteiger partial charge in [0, 0.05) is 5.56 Å². The van der Waals surface area contributed by atoms with Gasteiger partial charge in [-0.2, -0.15) is 5.10 Å². The highest BCUT2D eigenvalue weighted by Gasteiger charge is 2.11. The van der Waals surface area contributed by atoms with Crippen LogP contribution in [0.5, 0.6) is 0 Å². The molecule has 0 aliphatic carbocycles. The summed E-state index contributed by atoms with van der Waals surface area (Å²) in [6.07, 6.45) is 0. The van der Waals surface area contributed by atoms with Gasteiger partial charge < -0.3 is 5.73 Å². The molecule has 0 bridgehead atoms. The first kappa shape index (κ1) is 11.6. The highest BCUT2D eigenvalue weighted by Crippen LogP contribution is 2.18. The molecule has 90 valence electrons. The van der Waals surface area contributed by atoms with E-state index in [4.69, 9.17) is 5.73 Å². The Hall–Kier alpha value is -1.91. The Balaban J connectivity index is 2.37. The van der Waals surface area contributed by atoms with Crippen LogP contribution in [-0.4, -0.2) is 9.78 Å². The Kier molecular flexibility index (Phi) is 2.83. The first-order chi connectivity index (χ1) is 7.99. The summed E-state index contributed by atoms with van der Waals surface area (Å²) in [7, 11) is 0. The molecule has 0 saturated carbocycles. The van der Waals surface area contributed by atoms with Crippen LogP contribution in [0.25, 0.3) is 0 Å². The number of aryl methyl sites for hydroxylation is 1. The molecule has 0 saturated heterocycles. The second-order valence-electron chi connectivity index (χ2n) is 3.98. The molecule has 5 heteroatoms. The fourth-order valence-corrected chi connectivity index (χ4v) is 1.69. The van der Waals surface area contributed by atoms with Crippen molar-refractivity contribution in [3.05, 3.63) is 46.8 Å². The Bertz CT molecular complexity index is 561. The molecule has 2 N–H and O–H groups in total. The zero-order chi connectivity index (χ0) is 12.6. The highest BCUT2D eigenvalue weighted by molar-refractivity contribution is 5.47. The summed E-state index contributed by atoms with van der Waals surface area (Å²) < 4.78 is 28.0. The van der Waals surface area contributed by atoms with E-state index >= 15 is 0 Å². The van der Waals surface area contributed by atoms with Crippen molar-refractivity contribution in [2.45, 2.75) is 20.4 Å². The van der Waals surface area contributed by atoms with Gasteiger partial charge in [-0.15, -0.1) is 0 Å². The van der Waals surface area contributed by atoms with Crippen LogP contribution in [-0.2, 0) is 6.54 Å². The van der Waals surface area contributed by atoms with Crippen LogP contribution >= 0.6 is 0 Å². The normalized spacial score (nSPS) is 10.8. The van der Waals surface area contributed by atoms with Gasteiger partial charge in [-0.05, 0) is 32.0 Å². The minimum atomic E-state index is -0.462. The van der Waals surface area contributed by atoms with Crippen molar-refractivity contribution in [1.82, 2.24) is 9.78 Å². The molecule has 0 fully saturated rings. The van der Waals surface area contributed by atoms with Crippen molar-refractivity contribution in [1.29, 1.82) is 0 Å². The van der Waals surface area contributed by atoms with E-state index < -0.39 is 11.6 Å². The molecule has 0 atom stereocenters. The molecule has 0 unspecified atom stereocenters. The lowest BCUT2D eigenvalue weighted by molar-refractivity contribution is 0.562. The molecule has 1 aromatic heterocycles. The van der Waals surface area contributed by atoms with Crippen molar-refractivity contribution >= 4 is 5.69 Å². The van der Waals surface area contributed by atoms with E-state index in [0.717, 1.165) is 17.8 Å². The molecule has 2 rings (SSSR count). The largest absolute Gasteiger partial charge is 0.396 e. The fraction of sp³-hybridized carbons (Fsp3) is 0.250. The maximum Gasteiger partial charge on any atom is 0.128 e. The number of rotatable bonds is 2. The second-order valence-corrected chi connectivity index (χ2v) is 3.98. The van der Waals surface area contributed by atoms with E-state index in [9.17, 15) is 8.78 Å². The van der Waals surface area contributed by atoms with Gasteiger partial charge in [0.15, 0.2) is 0 Å². The number of benzene rings is 1. The Morgan fingerprint density at radius 3 is 2.59 bits per heavy atom. The van der Waals surface area contributed by atoms with E-state index in [1.54, 1.807) is 18.5 Å². The van der Waals surface area contributed by atoms with E-state index in [-0.39, 0.29) is 12.1 Å². The highest BCUT2D eigenvalue weighted by atomic mass is 19.1. The fourth-order valence-electron chi connectivity index (χ4n) is 1.69. The standard InChI is InChI=1S/C12H13F2N3/c1-7-12(15)8(2)17(16-7)6-9-5-10(13)3-4-11(9)14/h3-5H,6,15H2,1-2H3. The number of hydrogen-bond acceptors (Lipinski definition) is 2. The molecule has 0 amide bonds. The monoisotopic (exact) mass is 237 g/mol. The van der Waals surface area contributed by atoms with Crippen molar-refractivity contribution in [2.24, 2.45) is 0 Å². The smallest absolute Gasteiger partial charge is 0.128 e.